The quantitative estimate of drug-likeness (QED) is 0.364. The standard InChI is InChI=1S/C33H41N7O5S/c1-31(2,3)25-13-11-22-28(37-25)40-19-33(18-32(40,4)5)15-21(33)14-24(23-12-10-20(16-34-23)17-35-30(42)45-6)36-26-8-7-9-27(38-26)46(43,44)39-29(22)41/h7-13,16,21,24H,14-15,17-19H2,1-6H3,(H,35,42)(H,36,38)(H,39,41). The highest BCUT2D eigenvalue weighted by atomic mass is 32.2. The Bertz CT molecular complexity index is 1790. The molecule has 1 saturated carbocycles. The van der Waals surface area contributed by atoms with Crippen molar-refractivity contribution < 1.29 is 22.7 Å². The van der Waals surface area contributed by atoms with Crippen molar-refractivity contribution in [3.05, 3.63) is 71.2 Å². The summed E-state index contributed by atoms with van der Waals surface area (Å²) >= 11 is 0. The number of amides is 2. The van der Waals surface area contributed by atoms with Crippen molar-refractivity contribution in [1.82, 2.24) is 25.0 Å². The Labute approximate surface area is 269 Å². The lowest BCUT2D eigenvalue weighted by Crippen LogP contribution is -2.41. The smallest absolute Gasteiger partial charge is 0.407 e. The lowest BCUT2D eigenvalue weighted by molar-refractivity contribution is 0.0981. The van der Waals surface area contributed by atoms with Crippen LogP contribution in [-0.2, 0) is 26.7 Å². The molecule has 3 aliphatic rings. The zero-order valence-corrected chi connectivity index (χ0v) is 27.9. The Morgan fingerprint density at radius 3 is 2.61 bits per heavy atom. The van der Waals surface area contributed by atoms with E-state index in [0.29, 0.717) is 24.1 Å². The molecule has 0 aromatic carbocycles. The average molecular weight is 648 g/mol. The van der Waals surface area contributed by atoms with Crippen LogP contribution in [0.25, 0.3) is 0 Å². The first-order chi connectivity index (χ1) is 21.6. The molecular weight excluding hydrogens is 606 g/mol. The molecule has 3 aromatic heterocycles. The number of carbonyl (C=O) groups excluding carboxylic acids is 2. The van der Waals surface area contributed by atoms with Gasteiger partial charge in [-0.2, -0.15) is 8.42 Å². The number of alkyl carbamates (subject to hydrolysis) is 1. The molecule has 0 radical (unpaired) electrons. The van der Waals surface area contributed by atoms with Crippen LogP contribution >= 0.6 is 0 Å². The molecule has 13 heteroatoms. The topological polar surface area (TPSA) is 156 Å². The van der Waals surface area contributed by atoms with Crippen LogP contribution in [-0.4, -0.2) is 54.6 Å². The van der Waals surface area contributed by atoms with Gasteiger partial charge in [0.15, 0.2) is 5.03 Å². The summed E-state index contributed by atoms with van der Waals surface area (Å²) in [5.41, 5.74) is 2.01. The zero-order valence-electron chi connectivity index (χ0n) is 27.0. The normalized spacial score (nSPS) is 24.7. The Balaban J connectivity index is 1.41. The minimum absolute atomic E-state index is 0.00248. The molecular formula is C33H41N7O5S. The molecule has 1 saturated heterocycles. The summed E-state index contributed by atoms with van der Waals surface area (Å²) in [6, 6.07) is 11.7. The third-order valence-electron chi connectivity index (χ3n) is 9.39. The Morgan fingerprint density at radius 1 is 1.13 bits per heavy atom. The fraction of sp³-hybridized carbons (Fsp3) is 0.485. The van der Waals surface area contributed by atoms with E-state index in [9.17, 15) is 18.0 Å². The van der Waals surface area contributed by atoms with Gasteiger partial charge >= 0.3 is 6.09 Å². The molecule has 3 aromatic rings. The number of anilines is 2. The Morgan fingerprint density at radius 2 is 1.91 bits per heavy atom. The molecule has 2 fully saturated rings. The molecule has 5 heterocycles. The first-order valence-electron chi connectivity index (χ1n) is 15.5. The second kappa shape index (κ2) is 11.2. The summed E-state index contributed by atoms with van der Waals surface area (Å²) < 4.78 is 33.9. The molecule has 3 unspecified atom stereocenters. The van der Waals surface area contributed by atoms with Crippen LogP contribution in [0.5, 0.6) is 0 Å². The van der Waals surface area contributed by atoms with E-state index in [-0.39, 0.29) is 39.5 Å². The number of ether oxygens (including phenoxy) is 1. The predicted octanol–water partition coefficient (Wildman–Crippen LogP) is 4.70. The van der Waals surface area contributed by atoms with Crippen LogP contribution < -0.4 is 20.3 Å². The van der Waals surface area contributed by atoms with Crippen LogP contribution in [0, 0.1) is 11.3 Å². The van der Waals surface area contributed by atoms with Gasteiger partial charge in [-0.25, -0.2) is 19.5 Å². The van der Waals surface area contributed by atoms with Gasteiger partial charge in [0.05, 0.1) is 24.4 Å². The third kappa shape index (κ3) is 6.12. The maximum absolute atomic E-state index is 13.7. The van der Waals surface area contributed by atoms with Crippen molar-refractivity contribution in [1.29, 1.82) is 0 Å². The number of hydrogen-bond donors (Lipinski definition) is 3. The summed E-state index contributed by atoms with van der Waals surface area (Å²) in [6.07, 6.45) is 3.84. The van der Waals surface area contributed by atoms with Crippen molar-refractivity contribution in [3.63, 3.8) is 0 Å². The van der Waals surface area contributed by atoms with E-state index in [2.05, 4.69) is 64.6 Å². The fourth-order valence-corrected chi connectivity index (χ4v) is 7.85. The molecule has 3 atom stereocenters. The largest absolute Gasteiger partial charge is 0.453 e. The number of fused-ring (bicyclic) bond motifs is 5. The van der Waals surface area contributed by atoms with Gasteiger partial charge in [0.1, 0.15) is 11.6 Å². The maximum atomic E-state index is 13.7. The van der Waals surface area contributed by atoms with Crippen LogP contribution in [0.4, 0.5) is 16.4 Å². The molecule has 12 nitrogen and oxygen atoms in total. The number of nitrogens with one attached hydrogen (secondary N) is 3. The fourth-order valence-electron chi connectivity index (χ4n) is 6.91. The van der Waals surface area contributed by atoms with Gasteiger partial charge in [-0.3, -0.25) is 9.78 Å². The van der Waals surface area contributed by atoms with Gasteiger partial charge < -0.3 is 20.3 Å². The van der Waals surface area contributed by atoms with Gasteiger partial charge in [0, 0.05) is 35.9 Å². The van der Waals surface area contributed by atoms with Gasteiger partial charge in [0.25, 0.3) is 15.9 Å². The van der Waals surface area contributed by atoms with Crippen molar-refractivity contribution >= 4 is 33.7 Å². The highest BCUT2D eigenvalue weighted by Crippen LogP contribution is 2.65. The first kappa shape index (κ1) is 31.7. The number of rotatable bonds is 3. The molecule has 1 spiro atoms. The molecule has 1 aliphatic carbocycles. The van der Waals surface area contributed by atoms with Gasteiger partial charge in [-0.1, -0.05) is 32.9 Å². The summed E-state index contributed by atoms with van der Waals surface area (Å²) in [6.45, 7) is 11.5. The lowest BCUT2D eigenvalue weighted by atomic mass is 9.90. The number of carbonyl (C=O) groups is 2. The Hall–Kier alpha value is -4.26. The van der Waals surface area contributed by atoms with Gasteiger partial charge in [-0.05, 0) is 80.3 Å². The SMILES string of the molecule is COC(=O)NCc1ccc(C2CC3CC34CN(c3nc(C(C)(C)C)ccc3C(=O)NS(=O)(=O)c3cccc(n3)N2)C(C)(C)C4)nc1. The molecule has 2 aliphatic heterocycles. The third-order valence-corrected chi connectivity index (χ3v) is 10.6. The van der Waals surface area contributed by atoms with E-state index in [0.717, 1.165) is 36.2 Å². The molecule has 4 bridgehead atoms. The van der Waals surface area contributed by atoms with E-state index in [4.69, 9.17) is 9.97 Å². The van der Waals surface area contributed by atoms with Gasteiger partial charge in [-0.15, -0.1) is 0 Å². The summed E-state index contributed by atoms with van der Waals surface area (Å²) in [5, 5.41) is 5.82. The van der Waals surface area contributed by atoms with Crippen molar-refractivity contribution in [3.8, 4) is 0 Å². The number of methoxy groups -OCH3 is 1. The molecule has 6 rings (SSSR count). The lowest BCUT2D eigenvalue weighted by Gasteiger charge is -2.34. The summed E-state index contributed by atoms with van der Waals surface area (Å²) in [7, 11) is -3.00. The minimum atomic E-state index is -4.32. The molecule has 2 amide bonds. The van der Waals surface area contributed by atoms with E-state index in [1.165, 1.54) is 13.2 Å². The predicted molar refractivity (Wildman–Crippen MR) is 173 cm³/mol. The molecule has 46 heavy (non-hydrogen) atoms. The number of nitrogens with zero attached hydrogens (tertiary/aromatic N) is 4. The van der Waals surface area contributed by atoms with Crippen molar-refractivity contribution in [2.24, 2.45) is 11.3 Å². The van der Waals surface area contributed by atoms with Crippen LogP contribution in [0.3, 0.4) is 0 Å². The number of aromatic nitrogens is 3. The van der Waals surface area contributed by atoms with E-state index >= 15 is 0 Å². The van der Waals surface area contributed by atoms with Crippen LogP contribution in [0.2, 0.25) is 0 Å². The van der Waals surface area contributed by atoms with Crippen LogP contribution in [0.1, 0.15) is 87.2 Å². The van der Waals surface area contributed by atoms with E-state index in [1.807, 2.05) is 12.1 Å². The molecule has 3 N–H and O–H groups in total. The van der Waals surface area contributed by atoms with Crippen molar-refractivity contribution in [2.75, 3.05) is 23.9 Å². The first-order valence-corrected chi connectivity index (χ1v) is 17.0. The highest BCUT2D eigenvalue weighted by Gasteiger charge is 2.63. The molecule has 244 valence electrons. The number of hydrogen-bond acceptors (Lipinski definition) is 10. The van der Waals surface area contributed by atoms with Crippen LogP contribution in [0.15, 0.2) is 53.7 Å². The number of pyridine rings is 3. The van der Waals surface area contributed by atoms with Gasteiger partial charge in [0.2, 0.25) is 0 Å². The summed E-state index contributed by atoms with van der Waals surface area (Å²) in [5.74, 6) is 0.452. The minimum Gasteiger partial charge on any atom is -0.453 e. The van der Waals surface area contributed by atoms with Crippen molar-refractivity contribution in [2.45, 2.75) is 82.4 Å². The highest BCUT2D eigenvalue weighted by molar-refractivity contribution is 7.90. The Kier molecular flexibility index (Phi) is 7.73. The van der Waals surface area contributed by atoms with E-state index < -0.39 is 22.0 Å². The second-order valence-electron chi connectivity index (χ2n) is 14.3. The maximum Gasteiger partial charge on any atom is 0.407 e. The number of sulfonamides is 1. The average Bonchev–Trinajstić information content (AvgIpc) is 3.57. The second-order valence-corrected chi connectivity index (χ2v) is 16.0. The van der Waals surface area contributed by atoms with E-state index in [1.54, 1.807) is 30.5 Å². The zero-order chi connectivity index (χ0) is 33.1. The monoisotopic (exact) mass is 647 g/mol. The summed E-state index contributed by atoms with van der Waals surface area (Å²) in [4.78, 5) is 41.6.